The molecule has 1 aromatic heterocycles. The van der Waals surface area contributed by atoms with Gasteiger partial charge in [-0.05, 0) is 63.7 Å². The number of amides is 1. The molecule has 0 radical (unpaired) electrons. The van der Waals surface area contributed by atoms with Crippen LogP contribution in [0.25, 0.3) is 11.4 Å². The van der Waals surface area contributed by atoms with Gasteiger partial charge >= 0.3 is 0 Å². The first-order chi connectivity index (χ1) is 15.8. The number of nitrogens with one attached hydrogen (secondary N) is 2. The van der Waals surface area contributed by atoms with E-state index in [4.69, 9.17) is 23.2 Å². The topological polar surface area (TPSA) is 64.3 Å². The number of nitrogens with zero attached hydrogens (tertiary/aromatic N) is 3. The minimum absolute atomic E-state index is 0. The first kappa shape index (κ1) is 29.3. The van der Waals surface area contributed by atoms with Crippen molar-refractivity contribution in [3.63, 3.8) is 0 Å². The standard InChI is InChI=1S/C25H29Cl2N5O.2ClH/c1-5-17-12-28-24(29-17)21-10-18(6-9-22(21)26)30-25(33)20-8-7-19(11-23(20)27)32-13-15(2)31(4)16(3)14-32;;/h6-12,15-16H,5,13-14H2,1-4H3,(H,28,29)(H,30,33);2*1H/t15-,16+;;. The maximum Gasteiger partial charge on any atom is 0.257 e. The number of piperazine rings is 1. The monoisotopic (exact) mass is 557 g/mol. The van der Waals surface area contributed by atoms with Gasteiger partial charge in [0.2, 0.25) is 0 Å². The zero-order chi connectivity index (χ0) is 23.7. The highest BCUT2D eigenvalue weighted by Gasteiger charge is 2.27. The van der Waals surface area contributed by atoms with E-state index in [-0.39, 0.29) is 30.7 Å². The second kappa shape index (κ2) is 12.3. The maximum atomic E-state index is 13.0. The quantitative estimate of drug-likeness (QED) is 0.371. The Kier molecular flexibility index (Phi) is 10.3. The van der Waals surface area contributed by atoms with Gasteiger partial charge in [0, 0.05) is 54.0 Å². The second-order valence-corrected chi connectivity index (χ2v) is 9.51. The average Bonchev–Trinajstić information content (AvgIpc) is 3.27. The molecule has 1 aliphatic heterocycles. The average molecular weight is 559 g/mol. The van der Waals surface area contributed by atoms with Crippen LogP contribution in [0.15, 0.2) is 42.6 Å². The highest BCUT2D eigenvalue weighted by atomic mass is 35.5. The number of hydrogen-bond acceptors (Lipinski definition) is 4. The summed E-state index contributed by atoms with van der Waals surface area (Å²) in [6.45, 7) is 8.33. The highest BCUT2D eigenvalue weighted by molar-refractivity contribution is 6.35. The van der Waals surface area contributed by atoms with Crippen molar-refractivity contribution in [2.45, 2.75) is 39.3 Å². The van der Waals surface area contributed by atoms with Gasteiger partial charge in [-0.15, -0.1) is 24.8 Å². The summed E-state index contributed by atoms with van der Waals surface area (Å²) in [6, 6.07) is 11.8. The van der Waals surface area contributed by atoms with Crippen LogP contribution in [0, 0.1) is 0 Å². The Morgan fingerprint density at radius 3 is 2.37 bits per heavy atom. The van der Waals surface area contributed by atoms with E-state index in [1.54, 1.807) is 24.4 Å². The number of likely N-dealkylation sites (N-methyl/N-ethyl adjacent to an activating group) is 1. The van der Waals surface area contributed by atoms with Crippen molar-refractivity contribution in [2.75, 3.05) is 30.4 Å². The summed E-state index contributed by atoms with van der Waals surface area (Å²) < 4.78 is 0. The summed E-state index contributed by atoms with van der Waals surface area (Å²) in [7, 11) is 2.16. The molecule has 0 spiro atoms. The van der Waals surface area contributed by atoms with E-state index >= 15 is 0 Å². The van der Waals surface area contributed by atoms with Gasteiger partial charge in [-0.3, -0.25) is 9.69 Å². The fourth-order valence-electron chi connectivity index (χ4n) is 4.16. The van der Waals surface area contributed by atoms with Crippen molar-refractivity contribution < 1.29 is 4.79 Å². The number of anilines is 2. The Morgan fingerprint density at radius 2 is 1.77 bits per heavy atom. The second-order valence-electron chi connectivity index (χ2n) is 8.69. The number of H-pyrrole nitrogens is 1. The van der Waals surface area contributed by atoms with Crippen LogP contribution in [0.5, 0.6) is 0 Å². The molecule has 10 heteroatoms. The van der Waals surface area contributed by atoms with Gasteiger partial charge in [-0.1, -0.05) is 30.1 Å². The van der Waals surface area contributed by atoms with Gasteiger partial charge < -0.3 is 15.2 Å². The lowest BCUT2D eigenvalue weighted by molar-refractivity contribution is 0.102. The minimum Gasteiger partial charge on any atom is -0.368 e. The zero-order valence-electron chi connectivity index (χ0n) is 20.1. The molecule has 4 rings (SSSR count). The number of aromatic amines is 1. The van der Waals surface area contributed by atoms with Crippen molar-refractivity contribution in [2.24, 2.45) is 0 Å². The van der Waals surface area contributed by atoms with Crippen LogP contribution in [0.4, 0.5) is 11.4 Å². The van der Waals surface area contributed by atoms with E-state index in [0.717, 1.165) is 36.5 Å². The fourth-order valence-corrected chi connectivity index (χ4v) is 4.63. The van der Waals surface area contributed by atoms with Crippen molar-refractivity contribution >= 4 is 65.3 Å². The van der Waals surface area contributed by atoms with Crippen LogP contribution < -0.4 is 10.2 Å². The Bertz CT molecular complexity index is 1160. The van der Waals surface area contributed by atoms with Gasteiger partial charge in [0.05, 0.1) is 15.6 Å². The summed E-state index contributed by atoms with van der Waals surface area (Å²) in [4.78, 5) is 25.3. The molecular weight excluding hydrogens is 528 g/mol. The molecule has 1 aliphatic rings. The summed E-state index contributed by atoms with van der Waals surface area (Å²) >= 11 is 12.9. The minimum atomic E-state index is -0.270. The molecule has 0 bridgehead atoms. The van der Waals surface area contributed by atoms with Crippen LogP contribution in [0.2, 0.25) is 10.0 Å². The predicted molar refractivity (Wildman–Crippen MR) is 151 cm³/mol. The molecule has 3 aromatic rings. The van der Waals surface area contributed by atoms with Gasteiger partial charge in [-0.25, -0.2) is 4.98 Å². The summed E-state index contributed by atoms with van der Waals surface area (Å²) in [5.74, 6) is 0.402. The molecule has 2 heterocycles. The van der Waals surface area contributed by atoms with Crippen LogP contribution in [0.1, 0.15) is 36.8 Å². The fraction of sp³-hybridized carbons (Fsp3) is 0.360. The number of carbonyl (C=O) groups is 1. The maximum absolute atomic E-state index is 13.0. The summed E-state index contributed by atoms with van der Waals surface area (Å²) in [5, 5.41) is 3.92. The van der Waals surface area contributed by atoms with E-state index < -0.39 is 0 Å². The molecule has 1 fully saturated rings. The number of benzene rings is 2. The molecule has 35 heavy (non-hydrogen) atoms. The number of aryl methyl sites for hydroxylation is 1. The molecule has 0 saturated carbocycles. The molecule has 6 nitrogen and oxygen atoms in total. The molecule has 2 aromatic carbocycles. The van der Waals surface area contributed by atoms with E-state index in [2.05, 4.69) is 52.9 Å². The van der Waals surface area contributed by atoms with Gasteiger partial charge in [-0.2, -0.15) is 0 Å². The number of hydrogen-bond donors (Lipinski definition) is 2. The summed E-state index contributed by atoms with van der Waals surface area (Å²) in [6.07, 6.45) is 2.64. The molecule has 1 saturated heterocycles. The van der Waals surface area contributed by atoms with E-state index in [0.29, 0.717) is 39.2 Å². The van der Waals surface area contributed by atoms with Crippen molar-refractivity contribution in [3.8, 4) is 11.4 Å². The lowest BCUT2D eigenvalue weighted by atomic mass is 10.1. The van der Waals surface area contributed by atoms with Gasteiger partial charge in [0.15, 0.2) is 0 Å². The predicted octanol–water partition coefficient (Wildman–Crippen LogP) is 6.57. The molecular formula is C25H31Cl4N5O. The smallest absolute Gasteiger partial charge is 0.257 e. The number of imidazole rings is 1. The van der Waals surface area contributed by atoms with Crippen molar-refractivity contribution in [3.05, 3.63) is 63.9 Å². The summed E-state index contributed by atoms with van der Waals surface area (Å²) in [5.41, 5.74) is 3.83. The molecule has 190 valence electrons. The Hall–Kier alpha value is -1.96. The van der Waals surface area contributed by atoms with Crippen LogP contribution in [-0.4, -0.2) is 53.0 Å². The van der Waals surface area contributed by atoms with Gasteiger partial charge in [0.25, 0.3) is 5.91 Å². The first-order valence-corrected chi connectivity index (χ1v) is 11.9. The van der Waals surface area contributed by atoms with Gasteiger partial charge in [0.1, 0.15) is 5.82 Å². The Balaban J connectivity index is 0.00000216. The first-order valence-electron chi connectivity index (χ1n) is 11.2. The third kappa shape index (κ3) is 6.43. The molecule has 0 unspecified atom stereocenters. The Labute approximate surface area is 229 Å². The lowest BCUT2D eigenvalue weighted by Crippen LogP contribution is -2.55. The molecule has 2 N–H and O–H groups in total. The van der Waals surface area contributed by atoms with E-state index in [1.165, 1.54) is 0 Å². The van der Waals surface area contributed by atoms with Crippen molar-refractivity contribution in [1.82, 2.24) is 14.9 Å². The molecule has 1 amide bonds. The molecule has 2 atom stereocenters. The number of carbonyl (C=O) groups excluding carboxylic acids is 1. The SMILES string of the molecule is CCc1cnc(-c2cc(NC(=O)c3ccc(N4C[C@@H](C)N(C)[C@@H](C)C4)cc3Cl)ccc2Cl)[nH]1.Cl.Cl. The number of rotatable bonds is 5. The highest BCUT2D eigenvalue weighted by Crippen LogP contribution is 2.30. The number of aromatic nitrogens is 2. The van der Waals surface area contributed by atoms with Crippen molar-refractivity contribution in [1.29, 1.82) is 0 Å². The normalized spacial score (nSPS) is 17.9. The van der Waals surface area contributed by atoms with E-state index in [1.807, 2.05) is 18.2 Å². The van der Waals surface area contributed by atoms with E-state index in [9.17, 15) is 4.79 Å². The largest absolute Gasteiger partial charge is 0.368 e. The zero-order valence-corrected chi connectivity index (χ0v) is 23.3. The number of halogens is 4. The lowest BCUT2D eigenvalue weighted by Gasteiger charge is -2.43. The Morgan fingerprint density at radius 1 is 1.09 bits per heavy atom. The molecule has 0 aliphatic carbocycles. The van der Waals surface area contributed by atoms with Crippen LogP contribution >= 0.6 is 48.0 Å². The van der Waals surface area contributed by atoms with Crippen LogP contribution in [0.3, 0.4) is 0 Å². The van der Waals surface area contributed by atoms with Crippen LogP contribution in [-0.2, 0) is 6.42 Å². The third-order valence-electron chi connectivity index (χ3n) is 6.41. The third-order valence-corrected chi connectivity index (χ3v) is 7.05.